The lowest BCUT2D eigenvalue weighted by molar-refractivity contribution is -0.146. The molecule has 1 amide bonds. The Morgan fingerprint density at radius 2 is 2.25 bits per heavy atom. The molecule has 3 unspecified atom stereocenters. The van der Waals surface area contributed by atoms with Gasteiger partial charge in [0.25, 0.3) is 0 Å². The number of rotatable bonds is 4. The van der Waals surface area contributed by atoms with Crippen molar-refractivity contribution in [2.24, 2.45) is 5.92 Å². The zero-order valence-corrected chi connectivity index (χ0v) is 9.27. The topological polar surface area (TPSA) is 98.7 Å². The van der Waals surface area contributed by atoms with Gasteiger partial charge in [0.1, 0.15) is 0 Å². The molecule has 92 valence electrons. The van der Waals surface area contributed by atoms with E-state index in [2.05, 4.69) is 10.6 Å². The van der Waals surface area contributed by atoms with E-state index >= 15 is 0 Å². The van der Waals surface area contributed by atoms with Crippen LogP contribution < -0.4 is 10.6 Å². The molecule has 1 fully saturated rings. The van der Waals surface area contributed by atoms with Gasteiger partial charge in [0.05, 0.1) is 6.54 Å². The highest BCUT2D eigenvalue weighted by atomic mass is 16.4. The van der Waals surface area contributed by atoms with Crippen LogP contribution in [0.5, 0.6) is 0 Å². The number of hydrogen-bond acceptors (Lipinski definition) is 4. The lowest BCUT2D eigenvalue weighted by Crippen LogP contribution is -2.45. The summed E-state index contributed by atoms with van der Waals surface area (Å²) in [6, 6.07) is 0.300. The second-order valence-electron chi connectivity index (χ2n) is 4.18. The molecule has 4 N–H and O–H groups in total. The van der Waals surface area contributed by atoms with E-state index in [9.17, 15) is 9.59 Å². The summed E-state index contributed by atoms with van der Waals surface area (Å²) < 4.78 is 0. The summed E-state index contributed by atoms with van der Waals surface area (Å²) in [7, 11) is 0. The van der Waals surface area contributed by atoms with E-state index in [0.717, 1.165) is 19.4 Å². The van der Waals surface area contributed by atoms with E-state index < -0.39 is 12.1 Å². The SMILES string of the molecule is CC1CC(C(=O)NCC(O)C(=O)O)CCN1. The van der Waals surface area contributed by atoms with Crippen LogP contribution in [-0.2, 0) is 9.59 Å². The minimum absolute atomic E-state index is 0.0859. The van der Waals surface area contributed by atoms with Gasteiger partial charge in [0.15, 0.2) is 6.10 Å². The Morgan fingerprint density at radius 1 is 1.56 bits per heavy atom. The summed E-state index contributed by atoms with van der Waals surface area (Å²) in [6.45, 7) is 2.57. The molecule has 0 aromatic heterocycles. The number of carbonyl (C=O) groups excluding carboxylic acids is 1. The average molecular weight is 230 g/mol. The third-order valence-corrected chi connectivity index (χ3v) is 2.75. The van der Waals surface area contributed by atoms with Crippen molar-refractivity contribution in [3.63, 3.8) is 0 Å². The average Bonchev–Trinajstić information content (AvgIpc) is 2.25. The van der Waals surface area contributed by atoms with Crippen LogP contribution in [0.1, 0.15) is 19.8 Å². The Balaban J connectivity index is 2.31. The Hall–Kier alpha value is -1.14. The maximum Gasteiger partial charge on any atom is 0.334 e. The van der Waals surface area contributed by atoms with Crippen LogP contribution in [0.4, 0.5) is 0 Å². The Kier molecular flexibility index (Phi) is 4.70. The summed E-state index contributed by atoms with van der Waals surface area (Å²) in [5, 5.41) is 23.1. The van der Waals surface area contributed by atoms with E-state index in [-0.39, 0.29) is 18.4 Å². The monoisotopic (exact) mass is 230 g/mol. The van der Waals surface area contributed by atoms with Crippen LogP contribution >= 0.6 is 0 Å². The molecule has 0 bridgehead atoms. The molecule has 3 atom stereocenters. The maximum atomic E-state index is 11.6. The van der Waals surface area contributed by atoms with Crippen molar-refractivity contribution in [3.05, 3.63) is 0 Å². The summed E-state index contributed by atoms with van der Waals surface area (Å²) in [6.07, 6.45) is -0.0305. The second-order valence-corrected chi connectivity index (χ2v) is 4.18. The van der Waals surface area contributed by atoms with Crippen LogP contribution in [-0.4, -0.2) is 47.3 Å². The van der Waals surface area contributed by atoms with Gasteiger partial charge < -0.3 is 20.8 Å². The van der Waals surface area contributed by atoms with Crippen molar-refractivity contribution < 1.29 is 19.8 Å². The summed E-state index contributed by atoms with van der Waals surface area (Å²) >= 11 is 0. The molecule has 1 saturated heterocycles. The number of amides is 1. The normalized spacial score (nSPS) is 27.1. The fourth-order valence-electron chi connectivity index (χ4n) is 1.80. The molecule has 0 spiro atoms. The highest BCUT2D eigenvalue weighted by Crippen LogP contribution is 2.15. The number of piperidine rings is 1. The molecular weight excluding hydrogens is 212 g/mol. The molecule has 0 saturated carbocycles. The zero-order chi connectivity index (χ0) is 12.1. The van der Waals surface area contributed by atoms with E-state index in [4.69, 9.17) is 10.2 Å². The number of nitrogens with one attached hydrogen (secondary N) is 2. The Labute approximate surface area is 94.0 Å². The smallest absolute Gasteiger partial charge is 0.334 e. The molecule has 6 heteroatoms. The van der Waals surface area contributed by atoms with Crippen molar-refractivity contribution in [1.29, 1.82) is 0 Å². The van der Waals surface area contributed by atoms with Crippen molar-refractivity contribution >= 4 is 11.9 Å². The molecule has 0 aliphatic carbocycles. The first-order chi connectivity index (χ1) is 7.50. The van der Waals surface area contributed by atoms with Gasteiger partial charge in [0, 0.05) is 12.0 Å². The van der Waals surface area contributed by atoms with Crippen LogP contribution in [0.15, 0.2) is 0 Å². The predicted octanol–water partition coefficient (Wildman–Crippen LogP) is -1.06. The van der Waals surface area contributed by atoms with Gasteiger partial charge in [-0.3, -0.25) is 4.79 Å². The lowest BCUT2D eigenvalue weighted by Gasteiger charge is -2.27. The lowest BCUT2D eigenvalue weighted by atomic mass is 9.92. The molecule has 16 heavy (non-hydrogen) atoms. The first-order valence-electron chi connectivity index (χ1n) is 5.42. The van der Waals surface area contributed by atoms with E-state index in [1.807, 2.05) is 6.92 Å². The van der Waals surface area contributed by atoms with Gasteiger partial charge in [-0.1, -0.05) is 0 Å². The standard InChI is InChI=1S/C10H18N2O4/c1-6-4-7(2-3-11-6)9(14)12-5-8(13)10(15)16/h6-8,11,13H,2-5H2,1H3,(H,12,14)(H,15,16). The predicted molar refractivity (Wildman–Crippen MR) is 56.8 cm³/mol. The first kappa shape index (κ1) is 12.9. The second kappa shape index (κ2) is 5.81. The van der Waals surface area contributed by atoms with Crippen LogP contribution in [0.3, 0.4) is 0 Å². The highest BCUT2D eigenvalue weighted by molar-refractivity contribution is 5.80. The largest absolute Gasteiger partial charge is 0.479 e. The van der Waals surface area contributed by atoms with Crippen molar-refractivity contribution in [2.75, 3.05) is 13.1 Å². The molecule has 0 aromatic rings. The molecule has 1 aliphatic heterocycles. The van der Waals surface area contributed by atoms with Gasteiger partial charge in [-0.2, -0.15) is 0 Å². The molecule has 0 radical (unpaired) electrons. The van der Waals surface area contributed by atoms with Crippen molar-refractivity contribution in [1.82, 2.24) is 10.6 Å². The molecular formula is C10H18N2O4. The summed E-state index contributed by atoms with van der Waals surface area (Å²) in [5.41, 5.74) is 0. The number of aliphatic hydroxyl groups is 1. The van der Waals surface area contributed by atoms with E-state index in [1.165, 1.54) is 0 Å². The number of carboxylic acids is 1. The van der Waals surface area contributed by atoms with Gasteiger partial charge in [-0.25, -0.2) is 4.79 Å². The zero-order valence-electron chi connectivity index (χ0n) is 9.27. The minimum Gasteiger partial charge on any atom is -0.479 e. The van der Waals surface area contributed by atoms with Crippen LogP contribution in [0.2, 0.25) is 0 Å². The fraction of sp³-hybridized carbons (Fsp3) is 0.800. The van der Waals surface area contributed by atoms with E-state index in [1.54, 1.807) is 0 Å². The third-order valence-electron chi connectivity index (χ3n) is 2.75. The quantitative estimate of drug-likeness (QED) is 0.493. The highest BCUT2D eigenvalue weighted by Gasteiger charge is 2.25. The maximum absolute atomic E-state index is 11.6. The molecule has 1 rings (SSSR count). The third kappa shape index (κ3) is 3.79. The van der Waals surface area contributed by atoms with Gasteiger partial charge in [-0.05, 0) is 26.3 Å². The number of aliphatic hydroxyl groups excluding tert-OH is 1. The van der Waals surface area contributed by atoms with Crippen LogP contribution in [0.25, 0.3) is 0 Å². The van der Waals surface area contributed by atoms with Gasteiger partial charge in [-0.15, -0.1) is 0 Å². The fourth-order valence-corrected chi connectivity index (χ4v) is 1.80. The van der Waals surface area contributed by atoms with Crippen LogP contribution in [0, 0.1) is 5.92 Å². The molecule has 1 heterocycles. The summed E-state index contributed by atoms with van der Waals surface area (Å²) in [4.78, 5) is 22.0. The van der Waals surface area contributed by atoms with Crippen molar-refractivity contribution in [3.8, 4) is 0 Å². The number of carboxylic acid groups (broad SMARTS) is 1. The molecule has 1 aliphatic rings. The van der Waals surface area contributed by atoms with E-state index in [0.29, 0.717) is 6.04 Å². The summed E-state index contributed by atoms with van der Waals surface area (Å²) in [5.74, 6) is -1.58. The Morgan fingerprint density at radius 3 is 2.81 bits per heavy atom. The Bertz CT molecular complexity index is 270. The minimum atomic E-state index is -1.52. The first-order valence-corrected chi connectivity index (χ1v) is 5.42. The van der Waals surface area contributed by atoms with Gasteiger partial charge >= 0.3 is 5.97 Å². The van der Waals surface area contributed by atoms with Gasteiger partial charge in [0.2, 0.25) is 5.91 Å². The molecule has 6 nitrogen and oxygen atoms in total. The number of aliphatic carboxylic acids is 1. The number of carbonyl (C=O) groups is 2. The van der Waals surface area contributed by atoms with Crippen molar-refractivity contribution in [2.45, 2.75) is 31.9 Å². The molecule has 0 aromatic carbocycles. The number of hydrogen-bond donors (Lipinski definition) is 4.